The fourth-order valence-corrected chi connectivity index (χ4v) is 5.45. The predicted octanol–water partition coefficient (Wildman–Crippen LogP) is 3.34. The van der Waals surface area contributed by atoms with E-state index in [1.54, 1.807) is 12.1 Å². The molecule has 4 heterocycles. The van der Waals surface area contributed by atoms with Crippen molar-refractivity contribution in [3.63, 3.8) is 0 Å². The zero-order valence-corrected chi connectivity index (χ0v) is 20.6. The van der Waals surface area contributed by atoms with Crippen molar-refractivity contribution in [2.24, 2.45) is 5.41 Å². The van der Waals surface area contributed by atoms with Crippen LogP contribution in [0.1, 0.15) is 21.6 Å². The predicted molar refractivity (Wildman–Crippen MR) is 139 cm³/mol. The number of likely N-dealkylation sites (tertiary alicyclic amines) is 1. The molecule has 186 valence electrons. The van der Waals surface area contributed by atoms with Crippen LogP contribution >= 0.6 is 11.8 Å². The Hall–Kier alpha value is -4.18. The summed E-state index contributed by atoms with van der Waals surface area (Å²) in [6, 6.07) is 20.7. The van der Waals surface area contributed by atoms with Crippen LogP contribution in [0.4, 0.5) is 10.7 Å². The van der Waals surface area contributed by atoms with Crippen LogP contribution in [0.15, 0.2) is 71.6 Å². The molecule has 0 radical (unpaired) electrons. The number of amides is 3. The molecule has 9 nitrogen and oxygen atoms in total. The molecule has 1 N–H and O–H groups in total. The first-order valence-electron chi connectivity index (χ1n) is 11.9. The second kappa shape index (κ2) is 9.36. The van der Waals surface area contributed by atoms with Gasteiger partial charge in [0.05, 0.1) is 10.6 Å². The Balaban J connectivity index is 1.17. The van der Waals surface area contributed by atoms with Gasteiger partial charge >= 0.3 is 0 Å². The van der Waals surface area contributed by atoms with Gasteiger partial charge in [0.2, 0.25) is 11.8 Å². The number of aromatic nitrogens is 2. The molecule has 2 aromatic carbocycles. The van der Waals surface area contributed by atoms with Crippen LogP contribution in [0.2, 0.25) is 0 Å². The lowest BCUT2D eigenvalue weighted by Gasteiger charge is -2.60. The molecule has 1 aromatic heterocycles. The molecular weight excluding hydrogens is 490 g/mol. The molecule has 3 aliphatic heterocycles. The van der Waals surface area contributed by atoms with E-state index in [1.807, 2.05) is 65.6 Å². The summed E-state index contributed by atoms with van der Waals surface area (Å²) < 4.78 is 5.96. The van der Waals surface area contributed by atoms with E-state index in [2.05, 4.69) is 20.2 Å². The highest BCUT2D eigenvalue weighted by Crippen LogP contribution is 2.42. The van der Waals surface area contributed by atoms with Gasteiger partial charge in [0, 0.05) is 43.2 Å². The van der Waals surface area contributed by atoms with Gasteiger partial charge in [-0.3, -0.25) is 19.7 Å². The topological polar surface area (TPSA) is 105 Å². The normalized spacial score (nSPS) is 19.0. The highest BCUT2D eigenvalue weighted by atomic mass is 32.2. The highest BCUT2D eigenvalue weighted by molar-refractivity contribution is 8.18. The molecule has 1 spiro atoms. The largest absolute Gasteiger partial charge is 0.473 e. The first kappa shape index (κ1) is 23.2. The van der Waals surface area contributed by atoms with E-state index in [-0.39, 0.29) is 16.2 Å². The first-order chi connectivity index (χ1) is 18.0. The summed E-state index contributed by atoms with van der Waals surface area (Å²) in [7, 11) is 0. The van der Waals surface area contributed by atoms with E-state index >= 15 is 0 Å². The quantitative estimate of drug-likeness (QED) is 0.501. The number of anilines is 1. The Kier molecular flexibility index (Phi) is 5.88. The third-order valence-corrected chi connectivity index (χ3v) is 7.37. The summed E-state index contributed by atoms with van der Waals surface area (Å²) in [5.74, 6) is 0.479. The lowest BCUT2D eigenvalue weighted by atomic mass is 9.72. The zero-order valence-electron chi connectivity index (χ0n) is 19.8. The second-order valence-corrected chi connectivity index (χ2v) is 10.5. The van der Waals surface area contributed by atoms with Crippen molar-refractivity contribution in [2.45, 2.75) is 6.61 Å². The van der Waals surface area contributed by atoms with E-state index in [0.717, 1.165) is 30.4 Å². The van der Waals surface area contributed by atoms with Gasteiger partial charge in [-0.05, 0) is 35.5 Å². The molecule has 3 saturated heterocycles. The van der Waals surface area contributed by atoms with Gasteiger partial charge in [-0.25, -0.2) is 4.98 Å². The maximum atomic E-state index is 12.7. The Morgan fingerprint density at radius 2 is 1.70 bits per heavy atom. The van der Waals surface area contributed by atoms with Crippen LogP contribution in [0.3, 0.4) is 0 Å². The Morgan fingerprint density at radius 1 is 1.00 bits per heavy atom. The first-order valence-corrected chi connectivity index (χ1v) is 12.7. The van der Waals surface area contributed by atoms with Crippen molar-refractivity contribution >= 4 is 40.8 Å². The number of carbonyl (C=O) groups excluding carboxylic acids is 3. The van der Waals surface area contributed by atoms with Crippen LogP contribution in [-0.4, -0.2) is 58.1 Å². The number of carbonyl (C=O) groups is 3. The maximum absolute atomic E-state index is 12.7. The number of rotatable bonds is 6. The van der Waals surface area contributed by atoms with Gasteiger partial charge < -0.3 is 14.5 Å². The summed E-state index contributed by atoms with van der Waals surface area (Å²) in [6.07, 6.45) is 1.57. The molecule has 0 unspecified atom stereocenters. The molecule has 3 aromatic rings. The average molecular weight is 514 g/mol. The third kappa shape index (κ3) is 4.79. The molecule has 0 aliphatic carbocycles. The number of imide groups is 1. The lowest BCUT2D eigenvalue weighted by molar-refractivity contribution is -0.115. The molecule has 37 heavy (non-hydrogen) atoms. The standard InChI is InChI=1S/C27H23N5O4S/c33-23-21(37-26(35)30-23)11-20-12-22(36-13-18-7-3-1-4-8-18)29-25(28-20)32-16-27(17-32)14-31(15-27)24(34)19-9-5-2-6-10-19/h1-12H,13-17H2,(H,30,33,35)/b21-11+. The second-order valence-electron chi connectivity index (χ2n) is 9.44. The van der Waals surface area contributed by atoms with Crippen LogP contribution in [0, 0.1) is 5.41 Å². The molecule has 0 atom stereocenters. The van der Waals surface area contributed by atoms with Crippen LogP contribution in [-0.2, 0) is 11.4 Å². The average Bonchev–Trinajstić information content (AvgIpc) is 3.18. The minimum absolute atomic E-state index is 0.0287. The van der Waals surface area contributed by atoms with E-state index in [1.165, 1.54) is 0 Å². The van der Waals surface area contributed by atoms with Crippen LogP contribution in [0.5, 0.6) is 5.88 Å². The van der Waals surface area contributed by atoms with Gasteiger partial charge in [0.15, 0.2) is 0 Å². The third-order valence-electron chi connectivity index (χ3n) is 6.56. The van der Waals surface area contributed by atoms with Crippen LogP contribution < -0.4 is 15.0 Å². The fourth-order valence-electron chi connectivity index (χ4n) is 4.78. The number of hydrogen-bond donors (Lipinski definition) is 1. The highest BCUT2D eigenvalue weighted by Gasteiger charge is 2.54. The Labute approximate surface area is 217 Å². The van der Waals surface area contributed by atoms with Crippen molar-refractivity contribution in [2.75, 3.05) is 31.1 Å². The maximum Gasteiger partial charge on any atom is 0.290 e. The monoisotopic (exact) mass is 513 g/mol. The van der Waals surface area contributed by atoms with Crippen molar-refractivity contribution < 1.29 is 19.1 Å². The van der Waals surface area contributed by atoms with Crippen LogP contribution in [0.25, 0.3) is 6.08 Å². The number of hydrogen-bond acceptors (Lipinski definition) is 8. The number of nitrogens with one attached hydrogen (secondary N) is 1. The van der Waals surface area contributed by atoms with E-state index in [9.17, 15) is 14.4 Å². The number of benzene rings is 2. The van der Waals surface area contributed by atoms with Gasteiger partial charge in [0.1, 0.15) is 6.61 Å². The fraction of sp³-hybridized carbons (Fsp3) is 0.222. The summed E-state index contributed by atoms with van der Waals surface area (Å²) in [5.41, 5.74) is 2.21. The minimum atomic E-state index is -0.442. The van der Waals surface area contributed by atoms with Crippen molar-refractivity contribution in [3.8, 4) is 5.88 Å². The number of ether oxygens (including phenoxy) is 1. The van der Waals surface area contributed by atoms with E-state index in [0.29, 0.717) is 42.8 Å². The van der Waals surface area contributed by atoms with E-state index in [4.69, 9.17) is 4.74 Å². The van der Waals surface area contributed by atoms with Gasteiger partial charge in [-0.2, -0.15) is 4.98 Å². The number of thioether (sulfide) groups is 1. The summed E-state index contributed by atoms with van der Waals surface area (Å²) in [4.78, 5) is 49.8. The molecule has 6 rings (SSSR count). The minimum Gasteiger partial charge on any atom is -0.473 e. The summed E-state index contributed by atoms with van der Waals surface area (Å²) in [6.45, 7) is 3.16. The SMILES string of the molecule is O=C1NC(=O)/C(=C\c2cc(OCc3ccccc3)nc(N3CC4(CN(C(=O)c5ccccc5)C4)C3)n2)S1. The van der Waals surface area contributed by atoms with E-state index < -0.39 is 11.1 Å². The number of nitrogens with zero attached hydrogens (tertiary/aromatic N) is 4. The smallest absolute Gasteiger partial charge is 0.290 e. The van der Waals surface area contributed by atoms with Gasteiger partial charge in [-0.1, -0.05) is 48.5 Å². The summed E-state index contributed by atoms with van der Waals surface area (Å²) >= 11 is 0.841. The molecule has 3 amide bonds. The van der Waals surface area contributed by atoms with Crippen molar-refractivity contribution in [1.29, 1.82) is 0 Å². The van der Waals surface area contributed by atoms with Gasteiger partial charge in [-0.15, -0.1) is 0 Å². The molecule has 0 bridgehead atoms. The Morgan fingerprint density at radius 3 is 2.38 bits per heavy atom. The molecule has 3 aliphatic rings. The Bertz CT molecular complexity index is 1400. The molecule has 10 heteroatoms. The van der Waals surface area contributed by atoms with Crippen molar-refractivity contribution in [3.05, 3.63) is 88.5 Å². The molecule has 0 saturated carbocycles. The molecular formula is C27H23N5O4S. The summed E-state index contributed by atoms with van der Waals surface area (Å²) in [5, 5.41) is 1.85. The zero-order chi connectivity index (χ0) is 25.4. The van der Waals surface area contributed by atoms with Gasteiger partial charge in [0.25, 0.3) is 17.1 Å². The lowest BCUT2D eigenvalue weighted by Crippen LogP contribution is -2.73. The molecule has 3 fully saturated rings. The van der Waals surface area contributed by atoms with Crippen molar-refractivity contribution in [1.82, 2.24) is 20.2 Å².